The first-order valence-electron chi connectivity index (χ1n) is 6.72. The quantitative estimate of drug-likeness (QED) is 0.748. The number of rotatable bonds is 4. The fourth-order valence-corrected chi connectivity index (χ4v) is 2.83. The predicted octanol–water partition coefficient (Wildman–Crippen LogP) is 3.97. The molecule has 3 unspecified atom stereocenters. The minimum absolute atomic E-state index is 0.167. The van der Waals surface area contributed by atoms with E-state index in [2.05, 4.69) is 27.7 Å². The molecule has 0 spiro atoms. The van der Waals surface area contributed by atoms with Crippen LogP contribution in [-0.4, -0.2) is 5.54 Å². The molecular formula is C14H29N. The van der Waals surface area contributed by atoms with Crippen molar-refractivity contribution in [3.05, 3.63) is 0 Å². The molecule has 0 heterocycles. The molecular weight excluding hydrogens is 182 g/mol. The topological polar surface area (TPSA) is 26.0 Å². The van der Waals surface area contributed by atoms with Crippen LogP contribution in [0.3, 0.4) is 0 Å². The van der Waals surface area contributed by atoms with Crippen LogP contribution in [-0.2, 0) is 0 Å². The summed E-state index contributed by atoms with van der Waals surface area (Å²) in [7, 11) is 0. The summed E-state index contributed by atoms with van der Waals surface area (Å²) in [5.41, 5.74) is 6.67. The molecule has 1 heteroatoms. The molecule has 1 saturated carbocycles. The normalized spacial score (nSPS) is 37.2. The lowest BCUT2D eigenvalue weighted by molar-refractivity contribution is 0.163. The Morgan fingerprint density at radius 1 is 1.27 bits per heavy atom. The van der Waals surface area contributed by atoms with Gasteiger partial charge in [0.2, 0.25) is 0 Å². The largest absolute Gasteiger partial charge is 0.325 e. The van der Waals surface area contributed by atoms with Crippen LogP contribution in [0.4, 0.5) is 0 Å². The van der Waals surface area contributed by atoms with Crippen LogP contribution in [0.2, 0.25) is 0 Å². The van der Waals surface area contributed by atoms with Crippen molar-refractivity contribution in [2.24, 2.45) is 23.5 Å². The Kier molecular flexibility index (Phi) is 4.64. The van der Waals surface area contributed by atoms with Crippen molar-refractivity contribution in [1.29, 1.82) is 0 Å². The maximum atomic E-state index is 6.50. The second-order valence-electron chi connectivity index (χ2n) is 6.35. The van der Waals surface area contributed by atoms with E-state index < -0.39 is 0 Å². The van der Waals surface area contributed by atoms with Crippen molar-refractivity contribution < 1.29 is 0 Å². The highest BCUT2D eigenvalue weighted by Crippen LogP contribution is 2.37. The van der Waals surface area contributed by atoms with Crippen molar-refractivity contribution in [1.82, 2.24) is 0 Å². The van der Waals surface area contributed by atoms with E-state index in [9.17, 15) is 0 Å². The first-order chi connectivity index (χ1) is 6.93. The summed E-state index contributed by atoms with van der Waals surface area (Å²) in [6, 6.07) is 0. The molecule has 15 heavy (non-hydrogen) atoms. The Hall–Kier alpha value is -0.0400. The van der Waals surface area contributed by atoms with Crippen molar-refractivity contribution in [3.8, 4) is 0 Å². The molecule has 0 amide bonds. The Balaban J connectivity index is 2.32. The van der Waals surface area contributed by atoms with E-state index in [4.69, 9.17) is 5.73 Å². The third-order valence-corrected chi connectivity index (χ3v) is 4.25. The van der Waals surface area contributed by atoms with Gasteiger partial charge in [0.15, 0.2) is 0 Å². The predicted molar refractivity (Wildman–Crippen MR) is 67.8 cm³/mol. The average molecular weight is 211 g/mol. The molecule has 0 aliphatic heterocycles. The van der Waals surface area contributed by atoms with Crippen molar-refractivity contribution in [2.45, 2.75) is 71.8 Å². The minimum atomic E-state index is 0.167. The van der Waals surface area contributed by atoms with Gasteiger partial charge < -0.3 is 5.73 Å². The van der Waals surface area contributed by atoms with E-state index in [0.717, 1.165) is 17.8 Å². The molecule has 1 aliphatic carbocycles. The third-order valence-electron chi connectivity index (χ3n) is 4.25. The van der Waals surface area contributed by atoms with Crippen molar-refractivity contribution >= 4 is 0 Å². The van der Waals surface area contributed by atoms with Gasteiger partial charge in [0.25, 0.3) is 0 Å². The molecule has 1 rings (SSSR count). The number of hydrogen-bond acceptors (Lipinski definition) is 1. The van der Waals surface area contributed by atoms with Gasteiger partial charge in [-0.1, -0.05) is 40.5 Å². The van der Waals surface area contributed by atoms with Crippen LogP contribution in [0.15, 0.2) is 0 Å². The average Bonchev–Trinajstić information content (AvgIpc) is 2.11. The highest BCUT2D eigenvalue weighted by atomic mass is 14.7. The third kappa shape index (κ3) is 4.14. The molecule has 1 aliphatic rings. The number of nitrogens with two attached hydrogens (primary N) is 1. The van der Waals surface area contributed by atoms with Crippen molar-refractivity contribution in [3.63, 3.8) is 0 Å². The molecule has 1 nitrogen and oxygen atoms in total. The van der Waals surface area contributed by atoms with Gasteiger partial charge in [-0.15, -0.1) is 0 Å². The van der Waals surface area contributed by atoms with E-state index >= 15 is 0 Å². The Morgan fingerprint density at radius 3 is 2.47 bits per heavy atom. The smallest absolute Gasteiger partial charge is 0.0157 e. The van der Waals surface area contributed by atoms with Gasteiger partial charge >= 0.3 is 0 Å². The molecule has 0 bridgehead atoms. The molecule has 0 radical (unpaired) electrons. The zero-order chi connectivity index (χ0) is 11.5. The highest BCUT2D eigenvalue weighted by Gasteiger charge is 2.33. The monoisotopic (exact) mass is 211 g/mol. The molecule has 0 aromatic rings. The van der Waals surface area contributed by atoms with E-state index in [1.54, 1.807) is 0 Å². The molecule has 0 aromatic heterocycles. The lowest BCUT2D eigenvalue weighted by Crippen LogP contribution is -2.45. The Labute approximate surface area is 95.8 Å². The molecule has 0 saturated heterocycles. The van der Waals surface area contributed by atoms with Crippen LogP contribution >= 0.6 is 0 Å². The highest BCUT2D eigenvalue weighted by molar-refractivity contribution is 4.91. The molecule has 90 valence electrons. The summed E-state index contributed by atoms with van der Waals surface area (Å²) in [5, 5.41) is 0. The summed E-state index contributed by atoms with van der Waals surface area (Å²) < 4.78 is 0. The standard InChI is InChI=1S/C14H29N/c1-11(2)6-5-8-14(15)9-7-12(3)13(4)10-14/h11-13H,5-10,15H2,1-4H3. The van der Waals surface area contributed by atoms with E-state index in [0.29, 0.717) is 0 Å². The van der Waals surface area contributed by atoms with Crippen LogP contribution in [0.5, 0.6) is 0 Å². The minimum Gasteiger partial charge on any atom is -0.325 e. The molecule has 0 aromatic carbocycles. The van der Waals surface area contributed by atoms with Crippen LogP contribution in [0.25, 0.3) is 0 Å². The number of hydrogen-bond donors (Lipinski definition) is 1. The van der Waals surface area contributed by atoms with Gasteiger partial charge in [-0.25, -0.2) is 0 Å². The van der Waals surface area contributed by atoms with Crippen LogP contribution in [0.1, 0.15) is 66.2 Å². The molecule has 2 N–H and O–H groups in total. The van der Waals surface area contributed by atoms with Gasteiger partial charge in [0, 0.05) is 5.54 Å². The SMILES string of the molecule is CC(C)CCCC1(N)CCC(C)C(C)C1. The fraction of sp³-hybridized carbons (Fsp3) is 1.00. The summed E-state index contributed by atoms with van der Waals surface area (Å²) in [6.07, 6.45) is 7.71. The van der Waals surface area contributed by atoms with E-state index in [1.165, 1.54) is 38.5 Å². The van der Waals surface area contributed by atoms with Crippen LogP contribution < -0.4 is 5.73 Å². The van der Waals surface area contributed by atoms with E-state index in [-0.39, 0.29) is 5.54 Å². The maximum Gasteiger partial charge on any atom is 0.0157 e. The Bertz CT molecular complexity index is 188. The lowest BCUT2D eigenvalue weighted by atomic mass is 9.70. The second-order valence-corrected chi connectivity index (χ2v) is 6.35. The van der Waals surface area contributed by atoms with Gasteiger partial charge in [-0.2, -0.15) is 0 Å². The zero-order valence-electron chi connectivity index (χ0n) is 11.1. The summed E-state index contributed by atoms with van der Waals surface area (Å²) >= 11 is 0. The first kappa shape index (κ1) is 13.0. The summed E-state index contributed by atoms with van der Waals surface area (Å²) in [4.78, 5) is 0. The van der Waals surface area contributed by atoms with Gasteiger partial charge in [-0.05, 0) is 43.4 Å². The summed E-state index contributed by atoms with van der Waals surface area (Å²) in [5.74, 6) is 2.53. The van der Waals surface area contributed by atoms with Crippen molar-refractivity contribution in [2.75, 3.05) is 0 Å². The van der Waals surface area contributed by atoms with Gasteiger partial charge in [-0.3, -0.25) is 0 Å². The van der Waals surface area contributed by atoms with E-state index in [1.807, 2.05) is 0 Å². The molecule has 1 fully saturated rings. The van der Waals surface area contributed by atoms with Gasteiger partial charge in [0.05, 0.1) is 0 Å². The Morgan fingerprint density at radius 2 is 1.93 bits per heavy atom. The second kappa shape index (κ2) is 5.34. The maximum absolute atomic E-state index is 6.50. The van der Waals surface area contributed by atoms with Gasteiger partial charge in [0.1, 0.15) is 0 Å². The summed E-state index contributed by atoms with van der Waals surface area (Å²) in [6.45, 7) is 9.34. The fourth-order valence-electron chi connectivity index (χ4n) is 2.83. The first-order valence-corrected chi connectivity index (χ1v) is 6.72. The zero-order valence-corrected chi connectivity index (χ0v) is 11.1. The molecule has 3 atom stereocenters. The lowest BCUT2D eigenvalue weighted by Gasteiger charge is -2.40. The van der Waals surface area contributed by atoms with Crippen LogP contribution in [0, 0.1) is 17.8 Å².